The minimum Gasteiger partial charge on any atom is -0.481 e. The van der Waals surface area contributed by atoms with Gasteiger partial charge in [-0.3, -0.25) is 19.2 Å². The topological polar surface area (TPSA) is 202 Å². The van der Waals surface area contributed by atoms with Crippen molar-refractivity contribution in [1.82, 2.24) is 10.6 Å². The minimum absolute atomic E-state index is 0.199. The average Bonchev–Trinajstić information content (AvgIpc) is 2.41. The van der Waals surface area contributed by atoms with E-state index >= 15 is 0 Å². The van der Waals surface area contributed by atoms with Gasteiger partial charge >= 0.3 is 11.9 Å². The van der Waals surface area contributed by atoms with Crippen molar-refractivity contribution in [2.45, 2.75) is 44.3 Å². The smallest absolute Gasteiger partial charge is 0.326 e. The largest absolute Gasteiger partial charge is 0.481 e. The number of carboxylic acids is 2. The Labute approximate surface area is 131 Å². The third-order valence-electron chi connectivity index (χ3n) is 2.78. The lowest BCUT2D eigenvalue weighted by Gasteiger charge is -2.19. The van der Waals surface area contributed by atoms with E-state index in [1.54, 1.807) is 0 Å². The molecule has 0 radical (unpaired) electrons. The molecule has 0 aromatic rings. The Balaban J connectivity index is 4.56. The van der Waals surface area contributed by atoms with Crippen LogP contribution in [0.2, 0.25) is 0 Å². The van der Waals surface area contributed by atoms with Crippen molar-refractivity contribution in [2.75, 3.05) is 0 Å². The molecule has 0 aliphatic heterocycles. The molecule has 0 fully saturated rings. The van der Waals surface area contributed by atoms with E-state index in [4.69, 9.17) is 21.7 Å². The van der Waals surface area contributed by atoms with Gasteiger partial charge in [0.1, 0.15) is 12.1 Å². The quantitative estimate of drug-likeness (QED) is 0.245. The Morgan fingerprint density at radius 1 is 1.04 bits per heavy atom. The fraction of sp³-hybridized carbons (Fsp3) is 0.583. The summed E-state index contributed by atoms with van der Waals surface area (Å²) >= 11 is 0. The third kappa shape index (κ3) is 8.36. The number of amides is 3. The number of nitrogens with two attached hydrogens (primary N) is 2. The van der Waals surface area contributed by atoms with Crippen LogP contribution in [0.15, 0.2) is 0 Å². The summed E-state index contributed by atoms with van der Waals surface area (Å²) in [4.78, 5) is 55.5. The molecule has 0 aromatic heterocycles. The third-order valence-corrected chi connectivity index (χ3v) is 2.78. The molecule has 0 saturated heterocycles. The molecular formula is C12H20N4O7. The van der Waals surface area contributed by atoms with Gasteiger partial charge in [0.05, 0.1) is 12.5 Å². The van der Waals surface area contributed by atoms with Crippen LogP contribution in [0.4, 0.5) is 0 Å². The van der Waals surface area contributed by atoms with E-state index in [1.165, 1.54) is 6.92 Å². The zero-order chi connectivity index (χ0) is 18.2. The van der Waals surface area contributed by atoms with Crippen molar-refractivity contribution in [1.29, 1.82) is 0 Å². The Hall–Kier alpha value is -2.69. The summed E-state index contributed by atoms with van der Waals surface area (Å²) in [5, 5.41) is 21.8. The van der Waals surface area contributed by atoms with Crippen LogP contribution in [0.1, 0.15) is 26.2 Å². The lowest BCUT2D eigenvalue weighted by atomic mass is 10.1. The van der Waals surface area contributed by atoms with E-state index in [2.05, 4.69) is 10.6 Å². The Kier molecular flexibility index (Phi) is 8.26. The number of nitrogens with one attached hydrogen (secondary N) is 2. The van der Waals surface area contributed by atoms with Crippen LogP contribution in [0, 0.1) is 0 Å². The first-order valence-corrected chi connectivity index (χ1v) is 6.63. The molecule has 0 aliphatic rings. The van der Waals surface area contributed by atoms with E-state index in [-0.39, 0.29) is 12.8 Å². The molecule has 11 nitrogen and oxygen atoms in total. The van der Waals surface area contributed by atoms with E-state index < -0.39 is 54.2 Å². The van der Waals surface area contributed by atoms with E-state index in [1.807, 2.05) is 0 Å². The summed E-state index contributed by atoms with van der Waals surface area (Å²) in [5.74, 6) is -5.04. The van der Waals surface area contributed by atoms with E-state index in [0.717, 1.165) is 0 Å². The van der Waals surface area contributed by atoms with Gasteiger partial charge in [0.2, 0.25) is 17.7 Å². The zero-order valence-corrected chi connectivity index (χ0v) is 12.4. The number of carbonyl (C=O) groups excluding carboxylic acids is 3. The number of rotatable bonds is 10. The fourth-order valence-electron chi connectivity index (χ4n) is 1.51. The SMILES string of the molecule is CC(NC(=O)C(N)CC(=O)O)C(=O)NC(CCC(N)=O)C(=O)O. The van der Waals surface area contributed by atoms with Crippen LogP contribution in [0.3, 0.4) is 0 Å². The number of primary amides is 1. The molecule has 0 heterocycles. The first-order valence-electron chi connectivity index (χ1n) is 6.63. The van der Waals surface area contributed by atoms with Gasteiger partial charge in [0.25, 0.3) is 0 Å². The van der Waals surface area contributed by atoms with Crippen LogP contribution in [0.25, 0.3) is 0 Å². The second-order valence-electron chi connectivity index (χ2n) is 4.84. The van der Waals surface area contributed by atoms with Crippen molar-refractivity contribution < 1.29 is 34.2 Å². The maximum atomic E-state index is 11.8. The van der Waals surface area contributed by atoms with Gasteiger partial charge in [0, 0.05) is 6.42 Å². The lowest BCUT2D eigenvalue weighted by Crippen LogP contribution is -2.53. The summed E-state index contributed by atoms with van der Waals surface area (Å²) in [6.45, 7) is 1.27. The summed E-state index contributed by atoms with van der Waals surface area (Å²) < 4.78 is 0. The molecule has 3 unspecified atom stereocenters. The molecule has 0 spiro atoms. The summed E-state index contributed by atoms with van der Waals surface area (Å²) in [5.41, 5.74) is 10.2. The molecule has 3 amide bonds. The van der Waals surface area contributed by atoms with Crippen molar-refractivity contribution in [2.24, 2.45) is 11.5 Å². The maximum absolute atomic E-state index is 11.8. The van der Waals surface area contributed by atoms with Crippen LogP contribution >= 0.6 is 0 Å². The molecule has 23 heavy (non-hydrogen) atoms. The van der Waals surface area contributed by atoms with Crippen LogP contribution in [-0.2, 0) is 24.0 Å². The number of aliphatic carboxylic acids is 2. The first kappa shape index (κ1) is 20.3. The van der Waals surface area contributed by atoms with Gasteiger partial charge in [-0.15, -0.1) is 0 Å². The number of carbonyl (C=O) groups is 5. The molecule has 0 aliphatic carbocycles. The molecule has 0 aromatic carbocycles. The molecule has 130 valence electrons. The Morgan fingerprint density at radius 2 is 1.61 bits per heavy atom. The van der Waals surface area contributed by atoms with Crippen molar-refractivity contribution >= 4 is 29.7 Å². The van der Waals surface area contributed by atoms with Gasteiger partial charge in [-0.25, -0.2) is 4.79 Å². The highest BCUT2D eigenvalue weighted by Gasteiger charge is 2.26. The molecule has 3 atom stereocenters. The zero-order valence-electron chi connectivity index (χ0n) is 12.4. The Morgan fingerprint density at radius 3 is 2.04 bits per heavy atom. The minimum atomic E-state index is -1.36. The van der Waals surface area contributed by atoms with Gasteiger partial charge in [-0.2, -0.15) is 0 Å². The predicted molar refractivity (Wildman–Crippen MR) is 75.8 cm³/mol. The van der Waals surface area contributed by atoms with Crippen molar-refractivity contribution in [3.63, 3.8) is 0 Å². The molecular weight excluding hydrogens is 312 g/mol. The highest BCUT2D eigenvalue weighted by Crippen LogP contribution is 1.99. The van der Waals surface area contributed by atoms with Crippen molar-refractivity contribution in [3.05, 3.63) is 0 Å². The highest BCUT2D eigenvalue weighted by molar-refractivity contribution is 5.92. The van der Waals surface area contributed by atoms with Crippen molar-refractivity contribution in [3.8, 4) is 0 Å². The number of hydrogen-bond donors (Lipinski definition) is 6. The van der Waals surface area contributed by atoms with E-state index in [9.17, 15) is 24.0 Å². The van der Waals surface area contributed by atoms with E-state index in [0.29, 0.717) is 0 Å². The monoisotopic (exact) mass is 332 g/mol. The second-order valence-corrected chi connectivity index (χ2v) is 4.84. The van der Waals surface area contributed by atoms with Gasteiger partial charge < -0.3 is 32.3 Å². The fourth-order valence-corrected chi connectivity index (χ4v) is 1.51. The Bertz CT molecular complexity index is 494. The summed E-state index contributed by atoms with van der Waals surface area (Å²) in [6.07, 6.45) is -1.05. The highest BCUT2D eigenvalue weighted by atomic mass is 16.4. The number of hydrogen-bond acceptors (Lipinski definition) is 6. The molecule has 0 saturated carbocycles. The second kappa shape index (κ2) is 9.35. The first-order chi connectivity index (χ1) is 10.5. The van der Waals surface area contributed by atoms with Gasteiger partial charge in [-0.1, -0.05) is 0 Å². The summed E-state index contributed by atoms with van der Waals surface area (Å²) in [7, 11) is 0. The van der Waals surface area contributed by atoms with Gasteiger partial charge in [0.15, 0.2) is 0 Å². The maximum Gasteiger partial charge on any atom is 0.326 e. The average molecular weight is 332 g/mol. The summed E-state index contributed by atoms with van der Waals surface area (Å²) in [6, 6.07) is -3.83. The normalized spacial score (nSPS) is 14.2. The number of carboxylic acid groups (broad SMARTS) is 2. The van der Waals surface area contributed by atoms with Crippen LogP contribution < -0.4 is 22.1 Å². The molecule has 0 rings (SSSR count). The van der Waals surface area contributed by atoms with Crippen LogP contribution in [0.5, 0.6) is 0 Å². The molecule has 0 bridgehead atoms. The van der Waals surface area contributed by atoms with Gasteiger partial charge in [-0.05, 0) is 13.3 Å². The molecule has 8 N–H and O–H groups in total. The lowest BCUT2D eigenvalue weighted by molar-refractivity contribution is -0.143. The standard InChI is InChI=1S/C12H20N4O7/c1-5(15-11(21)6(13)4-9(18)19)10(20)16-7(12(22)23)2-3-8(14)17/h5-7H,2-4,13H2,1H3,(H2,14,17)(H,15,21)(H,16,20)(H,18,19)(H,22,23). The predicted octanol–water partition coefficient (Wildman–Crippen LogP) is -2.87. The van der Waals surface area contributed by atoms with Crippen LogP contribution in [-0.4, -0.2) is 58.0 Å². The molecule has 11 heteroatoms.